The van der Waals surface area contributed by atoms with Crippen LogP contribution in [0.3, 0.4) is 0 Å². The maximum atomic E-state index is 5.97. The number of aryl methyl sites for hydroxylation is 3. The van der Waals surface area contributed by atoms with Crippen molar-refractivity contribution >= 4 is 32.4 Å². The zero-order valence-electron chi connectivity index (χ0n) is 19.4. The molecule has 0 N–H and O–H groups in total. The standard InChI is InChI=1S/C29H24NO4/c1-16-4-6-17(7-5-16)26-25-19(10-11-22(31-2)29(25)32-3)20-8-9-21-24-18(12-13-30(26)27(20)24)14-23-28(21)34-15-33-23/h4-11,14H,12-13,15H2,1-3H3/q+1. The van der Waals surface area contributed by atoms with Crippen LogP contribution in [0.1, 0.15) is 11.1 Å². The van der Waals surface area contributed by atoms with Crippen LogP contribution in [0.5, 0.6) is 23.0 Å². The molecule has 0 radical (unpaired) electrons. The minimum Gasteiger partial charge on any atom is -0.493 e. The quantitative estimate of drug-likeness (QED) is 0.261. The van der Waals surface area contributed by atoms with E-state index in [1.54, 1.807) is 14.2 Å². The van der Waals surface area contributed by atoms with Gasteiger partial charge in [-0.1, -0.05) is 17.7 Å². The van der Waals surface area contributed by atoms with Gasteiger partial charge in [0.25, 0.3) is 0 Å². The number of ether oxygens (including phenoxy) is 4. The molecule has 34 heavy (non-hydrogen) atoms. The molecule has 0 fully saturated rings. The molecule has 0 spiro atoms. The minimum atomic E-state index is 0.273. The molecular weight excluding hydrogens is 426 g/mol. The lowest BCUT2D eigenvalue weighted by molar-refractivity contribution is -0.659. The number of hydrogen-bond acceptors (Lipinski definition) is 4. The SMILES string of the molecule is COc1ccc2c(c1OC)c(-c1ccc(C)cc1)[n+]1c3c2ccc2c4c(cc(c23)CC1)OCO4. The first-order valence-electron chi connectivity index (χ1n) is 11.5. The van der Waals surface area contributed by atoms with Crippen LogP contribution in [-0.4, -0.2) is 21.0 Å². The molecule has 5 nitrogen and oxygen atoms in total. The summed E-state index contributed by atoms with van der Waals surface area (Å²) in [5.74, 6) is 3.19. The Labute approximate surface area is 197 Å². The third-order valence-corrected chi connectivity index (χ3v) is 7.23. The highest BCUT2D eigenvalue weighted by Gasteiger charge is 2.33. The van der Waals surface area contributed by atoms with Crippen LogP contribution in [0.25, 0.3) is 43.7 Å². The lowest BCUT2D eigenvalue weighted by atomic mass is 9.90. The van der Waals surface area contributed by atoms with Crippen molar-refractivity contribution in [1.82, 2.24) is 0 Å². The maximum Gasteiger partial charge on any atom is 0.231 e. The van der Waals surface area contributed by atoms with Crippen LogP contribution in [0.2, 0.25) is 0 Å². The van der Waals surface area contributed by atoms with E-state index in [0.717, 1.165) is 63.4 Å². The molecule has 0 saturated heterocycles. The minimum absolute atomic E-state index is 0.273. The summed E-state index contributed by atoms with van der Waals surface area (Å²) in [4.78, 5) is 0. The average molecular weight is 451 g/mol. The van der Waals surface area contributed by atoms with E-state index in [1.165, 1.54) is 27.4 Å². The van der Waals surface area contributed by atoms with Crippen LogP contribution < -0.4 is 23.5 Å². The Balaban J connectivity index is 1.74. The van der Waals surface area contributed by atoms with Gasteiger partial charge in [0, 0.05) is 22.8 Å². The van der Waals surface area contributed by atoms with Gasteiger partial charge in [-0.15, -0.1) is 0 Å². The molecule has 168 valence electrons. The molecule has 3 heterocycles. The van der Waals surface area contributed by atoms with E-state index >= 15 is 0 Å². The largest absolute Gasteiger partial charge is 0.493 e. The van der Waals surface area contributed by atoms with Gasteiger partial charge in [0.05, 0.1) is 25.0 Å². The molecule has 1 aromatic heterocycles. The normalized spacial score (nSPS) is 13.9. The van der Waals surface area contributed by atoms with Crippen molar-refractivity contribution in [3.63, 3.8) is 0 Å². The van der Waals surface area contributed by atoms with Crippen molar-refractivity contribution in [3.8, 4) is 34.3 Å². The van der Waals surface area contributed by atoms with E-state index in [4.69, 9.17) is 18.9 Å². The van der Waals surface area contributed by atoms with E-state index < -0.39 is 0 Å². The predicted molar refractivity (Wildman–Crippen MR) is 132 cm³/mol. The van der Waals surface area contributed by atoms with Crippen LogP contribution >= 0.6 is 0 Å². The number of rotatable bonds is 3. The number of methoxy groups -OCH3 is 2. The van der Waals surface area contributed by atoms with Crippen LogP contribution in [0.15, 0.2) is 54.6 Å². The molecule has 0 atom stereocenters. The molecule has 0 unspecified atom stereocenters. The van der Waals surface area contributed by atoms with E-state index in [-0.39, 0.29) is 6.79 Å². The van der Waals surface area contributed by atoms with Gasteiger partial charge in [-0.25, -0.2) is 0 Å². The summed E-state index contributed by atoms with van der Waals surface area (Å²) >= 11 is 0. The van der Waals surface area contributed by atoms with E-state index in [2.05, 4.69) is 60.0 Å². The Morgan fingerprint density at radius 2 is 1.62 bits per heavy atom. The van der Waals surface area contributed by atoms with Gasteiger partial charge >= 0.3 is 0 Å². The molecular formula is C29H24NO4+. The molecule has 0 aliphatic carbocycles. The number of hydrogen-bond donors (Lipinski definition) is 0. The summed E-state index contributed by atoms with van der Waals surface area (Å²) in [6.45, 7) is 3.25. The highest BCUT2D eigenvalue weighted by Crippen LogP contribution is 2.48. The number of pyridine rings is 1. The molecule has 7 rings (SSSR count). The zero-order valence-corrected chi connectivity index (χ0v) is 19.4. The first kappa shape index (κ1) is 19.5. The summed E-state index contributed by atoms with van der Waals surface area (Å²) in [6.07, 6.45) is 0.917. The molecule has 2 aliphatic heterocycles. The highest BCUT2D eigenvalue weighted by molar-refractivity contribution is 6.19. The van der Waals surface area contributed by atoms with Gasteiger partial charge in [0.1, 0.15) is 5.39 Å². The van der Waals surface area contributed by atoms with Crippen molar-refractivity contribution < 1.29 is 23.5 Å². The molecule has 0 bridgehead atoms. The zero-order chi connectivity index (χ0) is 23.0. The Morgan fingerprint density at radius 3 is 2.41 bits per heavy atom. The lowest BCUT2D eigenvalue weighted by Gasteiger charge is -2.21. The second kappa shape index (κ2) is 7.00. The summed E-state index contributed by atoms with van der Waals surface area (Å²) in [5.41, 5.74) is 6.07. The first-order chi connectivity index (χ1) is 16.7. The molecule has 0 saturated carbocycles. The van der Waals surface area contributed by atoms with Gasteiger partial charge in [-0.05, 0) is 55.0 Å². The lowest BCUT2D eigenvalue weighted by Crippen LogP contribution is -2.41. The second-order valence-corrected chi connectivity index (χ2v) is 8.99. The van der Waals surface area contributed by atoms with Gasteiger partial charge < -0.3 is 18.9 Å². The Hall–Kier alpha value is -3.99. The average Bonchev–Trinajstić information content (AvgIpc) is 3.35. The molecule has 5 aromatic rings. The number of benzene rings is 4. The monoisotopic (exact) mass is 450 g/mol. The van der Waals surface area contributed by atoms with Gasteiger partial charge in [0.15, 0.2) is 29.5 Å². The van der Waals surface area contributed by atoms with Gasteiger partial charge in [0.2, 0.25) is 18.0 Å². The van der Waals surface area contributed by atoms with Crippen molar-refractivity contribution in [2.75, 3.05) is 21.0 Å². The predicted octanol–water partition coefficient (Wildman–Crippen LogP) is 5.71. The first-order valence-corrected chi connectivity index (χ1v) is 11.5. The molecule has 5 heteroatoms. The fourth-order valence-corrected chi connectivity index (χ4v) is 5.74. The Morgan fingerprint density at radius 1 is 0.824 bits per heavy atom. The fraction of sp³-hybridized carbons (Fsp3) is 0.207. The van der Waals surface area contributed by atoms with Crippen molar-refractivity contribution in [3.05, 3.63) is 65.7 Å². The third-order valence-electron chi connectivity index (χ3n) is 7.23. The molecule has 4 aromatic carbocycles. The number of fused-ring (bicyclic) bond motifs is 4. The van der Waals surface area contributed by atoms with Gasteiger partial charge in [-0.2, -0.15) is 4.57 Å². The van der Waals surface area contributed by atoms with Crippen LogP contribution in [0, 0.1) is 6.92 Å². The number of nitrogens with zero attached hydrogens (tertiary/aromatic N) is 1. The summed E-state index contributed by atoms with van der Waals surface area (Å²) < 4.78 is 25.8. The smallest absolute Gasteiger partial charge is 0.231 e. The van der Waals surface area contributed by atoms with Gasteiger partial charge in [-0.3, -0.25) is 0 Å². The van der Waals surface area contributed by atoms with E-state index in [9.17, 15) is 0 Å². The molecule has 0 amide bonds. The van der Waals surface area contributed by atoms with Crippen LogP contribution in [-0.2, 0) is 13.0 Å². The van der Waals surface area contributed by atoms with Crippen LogP contribution in [0.4, 0.5) is 0 Å². The van der Waals surface area contributed by atoms with Crippen molar-refractivity contribution in [2.24, 2.45) is 0 Å². The summed E-state index contributed by atoms with van der Waals surface area (Å²) in [6, 6.07) is 19.4. The Bertz CT molecular complexity index is 1650. The second-order valence-electron chi connectivity index (χ2n) is 8.99. The number of aromatic nitrogens is 1. The summed E-state index contributed by atoms with van der Waals surface area (Å²) in [7, 11) is 3.41. The maximum absolute atomic E-state index is 5.97. The topological polar surface area (TPSA) is 40.8 Å². The fourth-order valence-electron chi connectivity index (χ4n) is 5.74. The van der Waals surface area contributed by atoms with Crippen molar-refractivity contribution in [1.29, 1.82) is 0 Å². The Kier molecular flexibility index (Phi) is 4.01. The van der Waals surface area contributed by atoms with E-state index in [1.807, 2.05) is 6.07 Å². The van der Waals surface area contributed by atoms with Crippen molar-refractivity contribution in [2.45, 2.75) is 19.9 Å². The third kappa shape index (κ3) is 2.47. The van der Waals surface area contributed by atoms with E-state index in [0.29, 0.717) is 0 Å². The molecule has 2 aliphatic rings. The highest BCUT2D eigenvalue weighted by atomic mass is 16.7. The summed E-state index contributed by atoms with van der Waals surface area (Å²) in [5, 5.41) is 5.77.